The summed E-state index contributed by atoms with van der Waals surface area (Å²) in [5.41, 5.74) is 7.79. The number of anilines is 2. The maximum absolute atomic E-state index is 13.5. The second-order valence-corrected chi connectivity index (χ2v) is 4.18. The smallest absolute Gasteiger partial charge is 0.167 e. The molecule has 19 heavy (non-hydrogen) atoms. The van der Waals surface area contributed by atoms with Crippen molar-refractivity contribution in [2.75, 3.05) is 17.7 Å². The van der Waals surface area contributed by atoms with E-state index < -0.39 is 5.82 Å². The van der Waals surface area contributed by atoms with Crippen molar-refractivity contribution in [1.82, 2.24) is 9.78 Å². The minimum Gasteiger partial charge on any atom is -0.491 e. The molecule has 0 saturated heterocycles. The van der Waals surface area contributed by atoms with Crippen LogP contribution in [-0.4, -0.2) is 16.4 Å². The van der Waals surface area contributed by atoms with Crippen LogP contribution in [0.3, 0.4) is 0 Å². The zero-order chi connectivity index (χ0) is 13.8. The topological polar surface area (TPSA) is 65.1 Å². The van der Waals surface area contributed by atoms with Gasteiger partial charge in [0.25, 0.3) is 0 Å². The fourth-order valence-electron chi connectivity index (χ4n) is 1.75. The largest absolute Gasteiger partial charge is 0.491 e. The van der Waals surface area contributed by atoms with Crippen molar-refractivity contribution in [2.24, 2.45) is 7.05 Å². The van der Waals surface area contributed by atoms with Crippen LogP contribution in [0.4, 0.5) is 15.8 Å². The second kappa shape index (κ2) is 5.60. The van der Waals surface area contributed by atoms with Crippen LogP contribution in [-0.2, 0) is 13.6 Å². The van der Waals surface area contributed by atoms with Crippen LogP contribution in [0.15, 0.2) is 24.5 Å². The summed E-state index contributed by atoms with van der Waals surface area (Å²) in [7, 11) is 1.85. The van der Waals surface area contributed by atoms with Gasteiger partial charge in [0, 0.05) is 37.5 Å². The first-order valence-corrected chi connectivity index (χ1v) is 6.03. The van der Waals surface area contributed by atoms with Crippen molar-refractivity contribution in [2.45, 2.75) is 13.5 Å². The molecule has 0 spiro atoms. The number of nitrogen functional groups attached to an aromatic ring is 1. The van der Waals surface area contributed by atoms with Crippen LogP contribution < -0.4 is 15.8 Å². The summed E-state index contributed by atoms with van der Waals surface area (Å²) in [6, 6.07) is 2.83. The standard InChI is InChI=1S/C13H17FN4O/c1-3-19-13-5-12(11(15)4-10(13)14)16-6-9-7-17-18(2)8-9/h4-5,7-8,16H,3,6,15H2,1-2H3. The number of nitrogens with two attached hydrogens (primary N) is 1. The van der Waals surface area contributed by atoms with Crippen LogP contribution in [0.5, 0.6) is 5.75 Å². The lowest BCUT2D eigenvalue weighted by molar-refractivity contribution is 0.322. The molecule has 1 aromatic heterocycles. The van der Waals surface area contributed by atoms with Gasteiger partial charge in [-0.2, -0.15) is 5.10 Å². The Morgan fingerprint density at radius 3 is 2.89 bits per heavy atom. The number of rotatable bonds is 5. The van der Waals surface area contributed by atoms with Gasteiger partial charge in [0.1, 0.15) is 0 Å². The number of hydrogen-bond acceptors (Lipinski definition) is 4. The molecule has 0 unspecified atom stereocenters. The Morgan fingerprint density at radius 1 is 1.47 bits per heavy atom. The van der Waals surface area contributed by atoms with Crippen molar-refractivity contribution in [3.63, 3.8) is 0 Å². The molecule has 0 atom stereocenters. The van der Waals surface area contributed by atoms with Gasteiger partial charge in [-0.25, -0.2) is 4.39 Å². The van der Waals surface area contributed by atoms with Gasteiger partial charge in [-0.1, -0.05) is 0 Å². The van der Waals surface area contributed by atoms with Crippen LogP contribution in [0.1, 0.15) is 12.5 Å². The predicted molar refractivity (Wildman–Crippen MR) is 72.5 cm³/mol. The number of nitrogens with one attached hydrogen (secondary N) is 1. The van der Waals surface area contributed by atoms with Crippen molar-refractivity contribution < 1.29 is 9.13 Å². The number of aryl methyl sites for hydroxylation is 1. The first-order chi connectivity index (χ1) is 9.10. The Bertz CT molecular complexity index is 568. The highest BCUT2D eigenvalue weighted by atomic mass is 19.1. The average molecular weight is 264 g/mol. The van der Waals surface area contributed by atoms with E-state index in [1.165, 1.54) is 6.07 Å². The monoisotopic (exact) mass is 264 g/mol. The number of aromatic nitrogens is 2. The van der Waals surface area contributed by atoms with Crippen LogP contribution in [0, 0.1) is 5.82 Å². The van der Waals surface area contributed by atoms with E-state index in [9.17, 15) is 4.39 Å². The third kappa shape index (κ3) is 3.15. The van der Waals surface area contributed by atoms with E-state index in [4.69, 9.17) is 10.5 Å². The number of ether oxygens (including phenoxy) is 1. The van der Waals surface area contributed by atoms with Gasteiger partial charge in [0.15, 0.2) is 11.6 Å². The first-order valence-electron chi connectivity index (χ1n) is 6.03. The SMILES string of the molecule is CCOc1cc(NCc2cnn(C)c2)c(N)cc1F. The molecule has 102 valence electrons. The maximum Gasteiger partial charge on any atom is 0.167 e. The highest BCUT2D eigenvalue weighted by Gasteiger charge is 2.09. The quantitative estimate of drug-likeness (QED) is 0.812. The molecule has 0 amide bonds. The fourth-order valence-corrected chi connectivity index (χ4v) is 1.75. The van der Waals surface area contributed by atoms with E-state index in [-0.39, 0.29) is 5.75 Å². The molecule has 0 saturated carbocycles. The summed E-state index contributed by atoms with van der Waals surface area (Å²) >= 11 is 0. The van der Waals surface area contributed by atoms with E-state index in [2.05, 4.69) is 10.4 Å². The molecular weight excluding hydrogens is 247 g/mol. The first kappa shape index (κ1) is 13.2. The Balaban J connectivity index is 2.13. The van der Waals surface area contributed by atoms with Gasteiger partial charge in [0.2, 0.25) is 0 Å². The average Bonchev–Trinajstić information content (AvgIpc) is 2.77. The summed E-state index contributed by atoms with van der Waals surface area (Å²) in [5.74, 6) is -0.253. The van der Waals surface area contributed by atoms with Gasteiger partial charge in [0.05, 0.1) is 24.2 Å². The van der Waals surface area contributed by atoms with Gasteiger partial charge in [-0.3, -0.25) is 4.68 Å². The molecular formula is C13H17FN4O. The molecule has 2 aromatic rings. The highest BCUT2D eigenvalue weighted by Crippen LogP contribution is 2.28. The Labute approximate surface area is 111 Å². The lowest BCUT2D eigenvalue weighted by atomic mass is 10.2. The summed E-state index contributed by atoms with van der Waals surface area (Å²) in [6.07, 6.45) is 3.66. The van der Waals surface area contributed by atoms with E-state index in [0.29, 0.717) is 24.5 Å². The van der Waals surface area contributed by atoms with Crippen molar-refractivity contribution in [1.29, 1.82) is 0 Å². The summed E-state index contributed by atoms with van der Waals surface area (Å²) in [6.45, 7) is 2.77. The summed E-state index contributed by atoms with van der Waals surface area (Å²) < 4.78 is 20.5. The number of halogens is 1. The van der Waals surface area contributed by atoms with E-state index in [0.717, 1.165) is 5.56 Å². The number of hydrogen-bond donors (Lipinski definition) is 2. The molecule has 1 heterocycles. The van der Waals surface area contributed by atoms with Crippen molar-refractivity contribution >= 4 is 11.4 Å². The van der Waals surface area contributed by atoms with E-state index in [1.54, 1.807) is 23.9 Å². The Kier molecular flexibility index (Phi) is 3.89. The third-order valence-electron chi connectivity index (χ3n) is 2.65. The van der Waals surface area contributed by atoms with Crippen LogP contribution in [0.2, 0.25) is 0 Å². The third-order valence-corrected chi connectivity index (χ3v) is 2.65. The fraction of sp³-hybridized carbons (Fsp3) is 0.308. The number of nitrogens with zero attached hydrogens (tertiary/aromatic N) is 2. The molecule has 0 aliphatic heterocycles. The molecule has 0 fully saturated rings. The highest BCUT2D eigenvalue weighted by molar-refractivity contribution is 5.68. The van der Waals surface area contributed by atoms with Gasteiger partial charge < -0.3 is 15.8 Å². The predicted octanol–water partition coefficient (Wildman–Crippen LogP) is 2.15. The van der Waals surface area contributed by atoms with Gasteiger partial charge in [-0.05, 0) is 6.92 Å². The summed E-state index contributed by atoms with van der Waals surface area (Å²) in [4.78, 5) is 0. The van der Waals surface area contributed by atoms with Crippen LogP contribution in [0.25, 0.3) is 0 Å². The minimum absolute atomic E-state index is 0.199. The van der Waals surface area contributed by atoms with Gasteiger partial charge in [-0.15, -0.1) is 0 Å². The van der Waals surface area contributed by atoms with E-state index >= 15 is 0 Å². The number of benzene rings is 1. The minimum atomic E-state index is -0.453. The Morgan fingerprint density at radius 2 is 2.26 bits per heavy atom. The summed E-state index contributed by atoms with van der Waals surface area (Å²) in [5, 5.41) is 7.22. The molecule has 3 N–H and O–H groups in total. The lowest BCUT2D eigenvalue weighted by Crippen LogP contribution is -2.04. The van der Waals surface area contributed by atoms with Crippen molar-refractivity contribution in [3.8, 4) is 5.75 Å². The van der Waals surface area contributed by atoms with Gasteiger partial charge >= 0.3 is 0 Å². The molecule has 6 heteroatoms. The normalized spacial score (nSPS) is 10.5. The molecule has 0 aliphatic carbocycles. The molecule has 2 rings (SSSR count). The molecule has 0 aliphatic rings. The molecule has 0 radical (unpaired) electrons. The maximum atomic E-state index is 13.5. The zero-order valence-electron chi connectivity index (χ0n) is 11.0. The molecule has 0 bridgehead atoms. The molecule has 1 aromatic carbocycles. The second-order valence-electron chi connectivity index (χ2n) is 4.18. The zero-order valence-corrected chi connectivity index (χ0v) is 11.0. The Hall–Kier alpha value is -2.24. The van der Waals surface area contributed by atoms with Crippen molar-refractivity contribution in [3.05, 3.63) is 35.9 Å². The lowest BCUT2D eigenvalue weighted by Gasteiger charge is -2.12. The van der Waals surface area contributed by atoms with E-state index in [1.807, 2.05) is 13.2 Å². The molecule has 5 nitrogen and oxygen atoms in total. The van der Waals surface area contributed by atoms with Crippen LogP contribution >= 0.6 is 0 Å².